The van der Waals surface area contributed by atoms with Crippen LogP contribution in [0, 0.1) is 0 Å². The molecule has 3 rings (SSSR count). The van der Waals surface area contributed by atoms with Crippen LogP contribution in [-0.4, -0.2) is 31.7 Å². The van der Waals surface area contributed by atoms with Crippen LogP contribution in [0.2, 0.25) is 0 Å². The Kier molecular flexibility index (Phi) is 10.6. The lowest BCUT2D eigenvalue weighted by atomic mass is 10.1. The number of nitrogens with one attached hydrogen (secondary N) is 2. The maximum absolute atomic E-state index is 5.56. The summed E-state index contributed by atoms with van der Waals surface area (Å²) in [6, 6.07) is 16.2. The molecule has 0 aliphatic heterocycles. The molecule has 0 fully saturated rings. The van der Waals surface area contributed by atoms with E-state index in [-0.39, 0.29) is 24.0 Å². The van der Waals surface area contributed by atoms with Crippen LogP contribution < -0.4 is 20.1 Å². The highest BCUT2D eigenvalue weighted by Gasteiger charge is 2.08. The summed E-state index contributed by atoms with van der Waals surface area (Å²) in [6.07, 6.45) is 1.96. The number of hydrogen-bond acceptors (Lipinski definition) is 5. The number of aryl methyl sites for hydroxylation is 2. The number of rotatable bonds is 9. The normalized spacial score (nSPS) is 10.9. The van der Waals surface area contributed by atoms with Gasteiger partial charge in [-0.3, -0.25) is 4.99 Å². The number of halogens is 1. The molecular weight excluding hydrogens is 523 g/mol. The molecule has 0 aliphatic rings. The Morgan fingerprint density at radius 2 is 1.90 bits per heavy atom. The van der Waals surface area contributed by atoms with Crippen molar-refractivity contribution in [3.63, 3.8) is 0 Å². The number of ether oxygens (including phenoxy) is 2. The Morgan fingerprint density at radius 3 is 2.61 bits per heavy atom. The zero-order valence-corrected chi connectivity index (χ0v) is 21.2. The lowest BCUT2D eigenvalue weighted by Gasteiger charge is -2.14. The van der Waals surface area contributed by atoms with Gasteiger partial charge < -0.3 is 20.1 Å². The van der Waals surface area contributed by atoms with Gasteiger partial charge in [0.05, 0.1) is 31.0 Å². The topological polar surface area (TPSA) is 67.8 Å². The number of methoxy groups -OCH3 is 1. The molecule has 2 N–H and O–H groups in total. The van der Waals surface area contributed by atoms with Gasteiger partial charge in [0.25, 0.3) is 0 Å². The van der Waals surface area contributed by atoms with Gasteiger partial charge in [-0.15, -0.1) is 35.3 Å². The van der Waals surface area contributed by atoms with Crippen LogP contribution in [0.4, 0.5) is 5.69 Å². The molecule has 0 spiro atoms. The van der Waals surface area contributed by atoms with Crippen molar-refractivity contribution in [3.8, 4) is 11.5 Å². The van der Waals surface area contributed by atoms with Gasteiger partial charge in [0.1, 0.15) is 0 Å². The molecule has 1 aromatic heterocycles. The molecule has 0 radical (unpaired) electrons. The van der Waals surface area contributed by atoms with E-state index in [1.807, 2.05) is 31.2 Å². The first-order valence-corrected chi connectivity index (χ1v) is 10.9. The molecule has 8 heteroatoms. The number of thiazole rings is 1. The molecule has 3 aromatic rings. The van der Waals surface area contributed by atoms with E-state index in [2.05, 4.69) is 45.3 Å². The second-order valence-electron chi connectivity index (χ2n) is 6.57. The van der Waals surface area contributed by atoms with Gasteiger partial charge in [0.2, 0.25) is 0 Å². The summed E-state index contributed by atoms with van der Waals surface area (Å²) < 4.78 is 11.0. The van der Waals surface area contributed by atoms with Gasteiger partial charge in [-0.05, 0) is 31.0 Å². The SMILES string of the molecule is CCOc1ccc(NC(=NC)NCc2csc(CCc3ccccc3)n2)cc1OC.I. The fourth-order valence-electron chi connectivity index (χ4n) is 2.95. The van der Waals surface area contributed by atoms with E-state index >= 15 is 0 Å². The van der Waals surface area contributed by atoms with Crippen LogP contribution in [-0.2, 0) is 19.4 Å². The minimum Gasteiger partial charge on any atom is -0.493 e. The van der Waals surface area contributed by atoms with Crippen LogP contribution >= 0.6 is 35.3 Å². The summed E-state index contributed by atoms with van der Waals surface area (Å²) >= 11 is 1.70. The molecule has 0 amide bonds. The van der Waals surface area contributed by atoms with Gasteiger partial charge in [-0.25, -0.2) is 4.98 Å². The van der Waals surface area contributed by atoms with E-state index in [4.69, 9.17) is 14.5 Å². The molecule has 0 unspecified atom stereocenters. The number of aromatic nitrogens is 1. The summed E-state index contributed by atoms with van der Waals surface area (Å²) in [4.78, 5) is 9.03. The minimum absolute atomic E-state index is 0. The van der Waals surface area contributed by atoms with E-state index in [9.17, 15) is 0 Å². The zero-order chi connectivity index (χ0) is 21.2. The highest BCUT2D eigenvalue weighted by Crippen LogP contribution is 2.30. The predicted molar refractivity (Wildman–Crippen MR) is 139 cm³/mol. The van der Waals surface area contributed by atoms with Crippen LogP contribution in [0.5, 0.6) is 11.5 Å². The van der Waals surface area contributed by atoms with Gasteiger partial charge >= 0.3 is 0 Å². The summed E-state index contributed by atoms with van der Waals surface area (Å²) in [6.45, 7) is 3.14. The minimum atomic E-state index is 0. The molecule has 1 heterocycles. The molecule has 166 valence electrons. The number of nitrogens with zero attached hydrogens (tertiary/aromatic N) is 2. The first-order chi connectivity index (χ1) is 14.7. The molecule has 31 heavy (non-hydrogen) atoms. The van der Waals surface area contributed by atoms with Gasteiger partial charge in [-0.2, -0.15) is 0 Å². The first kappa shape index (κ1) is 24.9. The third kappa shape index (κ3) is 7.70. The predicted octanol–water partition coefficient (Wildman–Crippen LogP) is 5.14. The fraction of sp³-hybridized carbons (Fsp3) is 0.304. The standard InChI is InChI=1S/C23H28N4O2S.HI/c1-4-29-20-12-11-18(14-21(20)28-3)27-23(24-2)25-15-19-16-30-22(26-19)13-10-17-8-6-5-7-9-17;/h5-9,11-12,14,16H,4,10,13,15H2,1-3H3,(H2,24,25,27);1H. The smallest absolute Gasteiger partial charge is 0.195 e. The highest BCUT2D eigenvalue weighted by atomic mass is 127. The Hall–Kier alpha value is -2.33. The monoisotopic (exact) mass is 552 g/mol. The second kappa shape index (κ2) is 13.2. The van der Waals surface area contributed by atoms with Gasteiger partial charge in [0, 0.05) is 30.6 Å². The Morgan fingerprint density at radius 1 is 1.10 bits per heavy atom. The molecule has 0 bridgehead atoms. The average Bonchev–Trinajstić information content (AvgIpc) is 3.24. The number of guanidine groups is 1. The van der Waals surface area contributed by atoms with Crippen LogP contribution in [0.25, 0.3) is 0 Å². The average molecular weight is 552 g/mol. The van der Waals surface area contributed by atoms with Gasteiger partial charge in [0.15, 0.2) is 17.5 Å². The summed E-state index contributed by atoms with van der Waals surface area (Å²) in [5.41, 5.74) is 3.21. The Balaban J connectivity index is 0.00000341. The van der Waals surface area contributed by atoms with E-state index in [0.717, 1.165) is 35.0 Å². The molecule has 0 aliphatic carbocycles. The number of benzene rings is 2. The lowest BCUT2D eigenvalue weighted by Crippen LogP contribution is -2.30. The highest BCUT2D eigenvalue weighted by molar-refractivity contribution is 14.0. The Bertz CT molecular complexity index is 963. The van der Waals surface area contributed by atoms with Crippen LogP contribution in [0.15, 0.2) is 58.9 Å². The number of anilines is 1. The zero-order valence-electron chi connectivity index (χ0n) is 18.1. The van der Waals surface area contributed by atoms with E-state index < -0.39 is 0 Å². The van der Waals surface area contributed by atoms with Crippen molar-refractivity contribution in [1.82, 2.24) is 10.3 Å². The van der Waals surface area contributed by atoms with E-state index in [0.29, 0.717) is 24.9 Å². The quantitative estimate of drug-likeness (QED) is 0.219. The molecule has 6 nitrogen and oxygen atoms in total. The largest absolute Gasteiger partial charge is 0.493 e. The van der Waals surface area contributed by atoms with Crippen molar-refractivity contribution in [3.05, 3.63) is 70.2 Å². The number of aliphatic imine (C=N–C) groups is 1. The van der Waals surface area contributed by atoms with E-state index in [1.165, 1.54) is 5.56 Å². The van der Waals surface area contributed by atoms with Crippen molar-refractivity contribution in [2.24, 2.45) is 4.99 Å². The number of hydrogen-bond donors (Lipinski definition) is 2. The third-order valence-electron chi connectivity index (χ3n) is 4.46. The Labute approximate surface area is 205 Å². The van der Waals surface area contributed by atoms with Crippen LogP contribution in [0.1, 0.15) is 23.2 Å². The fourth-order valence-corrected chi connectivity index (χ4v) is 3.75. The molecular formula is C23H29IN4O2S. The van der Waals surface area contributed by atoms with Crippen molar-refractivity contribution < 1.29 is 9.47 Å². The molecule has 0 saturated carbocycles. The van der Waals surface area contributed by atoms with Crippen molar-refractivity contribution >= 4 is 47.0 Å². The van der Waals surface area contributed by atoms with Crippen molar-refractivity contribution in [1.29, 1.82) is 0 Å². The third-order valence-corrected chi connectivity index (χ3v) is 5.41. The first-order valence-electron chi connectivity index (χ1n) is 9.97. The second-order valence-corrected chi connectivity index (χ2v) is 7.51. The van der Waals surface area contributed by atoms with Gasteiger partial charge in [-0.1, -0.05) is 30.3 Å². The van der Waals surface area contributed by atoms with Crippen LogP contribution in [0.3, 0.4) is 0 Å². The van der Waals surface area contributed by atoms with Crippen molar-refractivity contribution in [2.45, 2.75) is 26.3 Å². The summed E-state index contributed by atoms with van der Waals surface area (Å²) in [5, 5.41) is 9.83. The molecule has 0 atom stereocenters. The lowest BCUT2D eigenvalue weighted by molar-refractivity contribution is 0.311. The maximum Gasteiger partial charge on any atom is 0.195 e. The molecule has 2 aromatic carbocycles. The molecule has 0 saturated heterocycles. The summed E-state index contributed by atoms with van der Waals surface area (Å²) in [5.74, 6) is 2.07. The van der Waals surface area contributed by atoms with E-state index in [1.54, 1.807) is 25.5 Å². The van der Waals surface area contributed by atoms with Crippen molar-refractivity contribution in [2.75, 3.05) is 26.1 Å². The summed E-state index contributed by atoms with van der Waals surface area (Å²) in [7, 11) is 3.37. The maximum atomic E-state index is 5.56.